The lowest BCUT2D eigenvalue weighted by atomic mass is 10.2. The Morgan fingerprint density at radius 2 is 1.79 bits per heavy atom. The first-order valence-corrected chi connectivity index (χ1v) is 9.26. The Morgan fingerprint density at radius 3 is 2.38 bits per heavy atom. The second-order valence-corrected chi connectivity index (χ2v) is 7.44. The third kappa shape index (κ3) is 4.77. The Kier molecular flexibility index (Phi) is 5.58. The van der Waals surface area contributed by atoms with Gasteiger partial charge in [0.05, 0.1) is 29.1 Å². The number of hydrogen-bond acceptors (Lipinski definition) is 4. The van der Waals surface area contributed by atoms with Crippen molar-refractivity contribution < 1.29 is 17.9 Å². The second kappa shape index (κ2) is 7.29. The van der Waals surface area contributed by atoms with E-state index in [-0.39, 0.29) is 10.7 Å². The lowest BCUT2D eigenvalue weighted by Gasteiger charge is -2.12. The zero-order valence-electron chi connectivity index (χ0n) is 12.8. The van der Waals surface area contributed by atoms with E-state index in [1.54, 1.807) is 6.07 Å². The highest BCUT2D eigenvalue weighted by atomic mass is 35.5. The maximum atomic E-state index is 12.2. The zero-order chi connectivity index (χ0) is 17.9. The third-order valence-corrected chi connectivity index (χ3v) is 4.26. The van der Waals surface area contributed by atoms with E-state index in [1.165, 1.54) is 37.4 Å². The Morgan fingerprint density at radius 1 is 1.08 bits per heavy atom. The molecule has 0 heterocycles. The molecule has 2 N–H and O–H groups in total. The van der Waals surface area contributed by atoms with Crippen molar-refractivity contribution in [1.82, 2.24) is 0 Å². The highest BCUT2D eigenvalue weighted by Gasteiger charge is 2.12. The first-order chi connectivity index (χ1) is 11.2. The average Bonchev–Trinajstić information content (AvgIpc) is 2.48. The van der Waals surface area contributed by atoms with Crippen molar-refractivity contribution in [2.75, 3.05) is 23.4 Å². The molecule has 0 aliphatic heterocycles. The summed E-state index contributed by atoms with van der Waals surface area (Å²) in [4.78, 5) is 12.2. The van der Waals surface area contributed by atoms with Gasteiger partial charge >= 0.3 is 0 Å². The van der Waals surface area contributed by atoms with E-state index in [1.807, 2.05) is 0 Å². The summed E-state index contributed by atoms with van der Waals surface area (Å²) in [6, 6.07) is 9.07. The number of sulfonamides is 1. The van der Waals surface area contributed by atoms with E-state index in [0.717, 1.165) is 6.26 Å². The molecule has 2 aromatic carbocycles. The standard InChI is InChI=1S/C15H14Cl2N2O4S/c1-23-14-6-4-10(8-13(14)19-24(2,21)22)18-15(20)9-3-5-11(16)12(17)7-9/h3-8,19H,1-2H3,(H,18,20). The van der Waals surface area contributed by atoms with Gasteiger partial charge in [0.2, 0.25) is 10.0 Å². The van der Waals surface area contributed by atoms with E-state index in [2.05, 4.69) is 10.0 Å². The normalized spacial score (nSPS) is 11.0. The largest absolute Gasteiger partial charge is 0.495 e. The van der Waals surface area contributed by atoms with Gasteiger partial charge in [0.1, 0.15) is 5.75 Å². The molecule has 0 unspecified atom stereocenters. The number of hydrogen-bond donors (Lipinski definition) is 2. The van der Waals surface area contributed by atoms with Crippen LogP contribution in [-0.4, -0.2) is 27.7 Å². The Bertz CT molecular complexity index is 885. The molecule has 2 aromatic rings. The summed E-state index contributed by atoms with van der Waals surface area (Å²) in [6.45, 7) is 0. The first kappa shape index (κ1) is 18.4. The molecule has 0 radical (unpaired) electrons. The maximum Gasteiger partial charge on any atom is 0.255 e. The molecule has 0 saturated heterocycles. The van der Waals surface area contributed by atoms with Gasteiger partial charge in [-0.15, -0.1) is 0 Å². The molecular formula is C15H14Cl2N2O4S. The minimum atomic E-state index is -3.49. The number of methoxy groups -OCH3 is 1. The van der Waals surface area contributed by atoms with Gasteiger partial charge in [0.25, 0.3) is 5.91 Å². The number of amides is 1. The molecule has 0 aliphatic carbocycles. The molecule has 9 heteroatoms. The molecule has 0 bridgehead atoms. The van der Waals surface area contributed by atoms with Crippen LogP contribution in [0.2, 0.25) is 10.0 Å². The SMILES string of the molecule is COc1ccc(NC(=O)c2ccc(Cl)c(Cl)c2)cc1NS(C)(=O)=O. The summed E-state index contributed by atoms with van der Waals surface area (Å²) in [5.74, 6) is -0.0861. The number of carbonyl (C=O) groups excluding carboxylic acids is 1. The quantitative estimate of drug-likeness (QED) is 0.818. The molecule has 128 valence electrons. The maximum absolute atomic E-state index is 12.2. The van der Waals surface area contributed by atoms with Gasteiger partial charge in [-0.1, -0.05) is 23.2 Å². The van der Waals surface area contributed by atoms with Gasteiger partial charge in [-0.3, -0.25) is 9.52 Å². The van der Waals surface area contributed by atoms with Gasteiger partial charge in [0, 0.05) is 11.3 Å². The molecular weight excluding hydrogens is 375 g/mol. The monoisotopic (exact) mass is 388 g/mol. The number of benzene rings is 2. The van der Waals surface area contributed by atoms with Crippen molar-refractivity contribution in [3.05, 3.63) is 52.0 Å². The van der Waals surface area contributed by atoms with Gasteiger partial charge in [-0.25, -0.2) is 8.42 Å². The molecule has 0 aliphatic rings. The predicted molar refractivity (Wildman–Crippen MR) is 95.9 cm³/mol. The van der Waals surface area contributed by atoms with Crippen molar-refractivity contribution in [2.24, 2.45) is 0 Å². The fourth-order valence-corrected chi connectivity index (χ4v) is 2.76. The lowest BCUT2D eigenvalue weighted by Crippen LogP contribution is -2.14. The van der Waals surface area contributed by atoms with Crippen molar-refractivity contribution in [3.8, 4) is 5.75 Å². The zero-order valence-corrected chi connectivity index (χ0v) is 15.1. The second-order valence-electron chi connectivity index (χ2n) is 4.87. The lowest BCUT2D eigenvalue weighted by molar-refractivity contribution is 0.102. The van der Waals surface area contributed by atoms with Crippen LogP contribution in [0.5, 0.6) is 5.75 Å². The summed E-state index contributed by atoms with van der Waals surface area (Å²) in [6.07, 6.45) is 1.02. The van der Waals surface area contributed by atoms with Crippen LogP contribution in [0.1, 0.15) is 10.4 Å². The van der Waals surface area contributed by atoms with E-state index >= 15 is 0 Å². The summed E-state index contributed by atoms with van der Waals surface area (Å²) >= 11 is 11.7. The molecule has 2 rings (SSSR count). The van der Waals surface area contributed by atoms with Crippen molar-refractivity contribution >= 4 is 50.5 Å². The third-order valence-electron chi connectivity index (χ3n) is 2.93. The Balaban J connectivity index is 2.27. The van der Waals surface area contributed by atoms with E-state index in [0.29, 0.717) is 22.0 Å². The van der Waals surface area contributed by atoms with Crippen LogP contribution >= 0.6 is 23.2 Å². The number of ether oxygens (including phenoxy) is 1. The fourth-order valence-electron chi connectivity index (χ4n) is 1.91. The Hall–Kier alpha value is -1.96. The van der Waals surface area contributed by atoms with Gasteiger partial charge in [-0.2, -0.15) is 0 Å². The molecule has 0 fully saturated rings. The highest BCUT2D eigenvalue weighted by Crippen LogP contribution is 2.29. The summed E-state index contributed by atoms with van der Waals surface area (Å²) in [5.41, 5.74) is 0.919. The Labute approximate surface area is 149 Å². The van der Waals surface area contributed by atoms with Crippen LogP contribution < -0.4 is 14.8 Å². The number of anilines is 2. The van der Waals surface area contributed by atoms with E-state index in [4.69, 9.17) is 27.9 Å². The van der Waals surface area contributed by atoms with Crippen molar-refractivity contribution in [3.63, 3.8) is 0 Å². The molecule has 1 amide bonds. The van der Waals surface area contributed by atoms with Crippen LogP contribution in [0, 0.1) is 0 Å². The van der Waals surface area contributed by atoms with Gasteiger partial charge in [0.15, 0.2) is 0 Å². The smallest absolute Gasteiger partial charge is 0.255 e. The van der Waals surface area contributed by atoms with Crippen LogP contribution in [0.4, 0.5) is 11.4 Å². The minimum absolute atomic E-state index is 0.215. The van der Waals surface area contributed by atoms with Crippen LogP contribution in [0.15, 0.2) is 36.4 Å². The molecule has 0 saturated carbocycles. The molecule has 0 aromatic heterocycles. The molecule has 0 spiro atoms. The number of halogens is 2. The molecule has 0 atom stereocenters. The summed E-state index contributed by atoms with van der Waals surface area (Å²) < 4.78 is 30.2. The molecule has 6 nitrogen and oxygen atoms in total. The van der Waals surface area contributed by atoms with Crippen LogP contribution in [-0.2, 0) is 10.0 Å². The van der Waals surface area contributed by atoms with Crippen LogP contribution in [0.25, 0.3) is 0 Å². The fraction of sp³-hybridized carbons (Fsp3) is 0.133. The van der Waals surface area contributed by atoms with E-state index in [9.17, 15) is 13.2 Å². The first-order valence-electron chi connectivity index (χ1n) is 6.62. The number of nitrogens with one attached hydrogen (secondary N) is 2. The average molecular weight is 389 g/mol. The molecule has 24 heavy (non-hydrogen) atoms. The van der Waals surface area contributed by atoms with E-state index < -0.39 is 15.9 Å². The summed E-state index contributed by atoms with van der Waals surface area (Å²) in [7, 11) is -2.08. The number of carbonyl (C=O) groups is 1. The highest BCUT2D eigenvalue weighted by molar-refractivity contribution is 7.92. The van der Waals surface area contributed by atoms with Gasteiger partial charge in [-0.05, 0) is 36.4 Å². The van der Waals surface area contributed by atoms with Crippen LogP contribution in [0.3, 0.4) is 0 Å². The van der Waals surface area contributed by atoms with Gasteiger partial charge < -0.3 is 10.1 Å². The predicted octanol–water partition coefficient (Wildman–Crippen LogP) is 3.63. The topological polar surface area (TPSA) is 84.5 Å². The van der Waals surface area contributed by atoms with Crippen molar-refractivity contribution in [1.29, 1.82) is 0 Å². The summed E-state index contributed by atoms with van der Waals surface area (Å²) in [5, 5.41) is 3.26. The number of rotatable bonds is 5. The van der Waals surface area contributed by atoms with Crippen molar-refractivity contribution in [2.45, 2.75) is 0 Å². The minimum Gasteiger partial charge on any atom is -0.495 e.